The number of thioether (sulfide) groups is 1. The number of aryl methyl sites for hydroxylation is 1. The molecule has 1 amide bonds. The summed E-state index contributed by atoms with van der Waals surface area (Å²) < 4.78 is 16.1. The van der Waals surface area contributed by atoms with Gasteiger partial charge in [0.05, 0.1) is 23.6 Å². The Morgan fingerprint density at radius 1 is 1.26 bits per heavy atom. The first-order valence-electron chi connectivity index (χ1n) is 9.55. The van der Waals surface area contributed by atoms with Gasteiger partial charge in [-0.3, -0.25) is 4.79 Å². The second kappa shape index (κ2) is 10.6. The largest absolute Gasteiger partial charge is 0.493 e. The molecule has 0 aromatic heterocycles. The quantitative estimate of drug-likeness (QED) is 0.410. The smallest absolute Gasteiger partial charge is 0.343 e. The van der Waals surface area contributed by atoms with Gasteiger partial charge in [0, 0.05) is 5.69 Å². The van der Waals surface area contributed by atoms with Crippen molar-refractivity contribution in [3.8, 4) is 11.5 Å². The molecule has 0 bridgehead atoms. The van der Waals surface area contributed by atoms with Crippen molar-refractivity contribution in [1.29, 1.82) is 0 Å². The fraction of sp³-hybridized carbons (Fsp3) is 0.273. The molecule has 0 radical (unpaired) electrons. The first-order valence-corrected chi connectivity index (χ1v) is 11.2. The van der Waals surface area contributed by atoms with Crippen LogP contribution in [-0.4, -0.2) is 38.2 Å². The number of carbonyl (C=O) groups is 2. The summed E-state index contributed by atoms with van der Waals surface area (Å²) in [7, 11) is 2.80. The monoisotopic (exact) mass is 506 g/mol. The molecule has 1 atom stereocenters. The van der Waals surface area contributed by atoms with Crippen molar-refractivity contribution in [2.75, 3.05) is 26.1 Å². The molecule has 1 fully saturated rings. The fourth-order valence-electron chi connectivity index (χ4n) is 2.86. The summed E-state index contributed by atoms with van der Waals surface area (Å²) in [5, 5.41) is 6.23. The maximum Gasteiger partial charge on any atom is 0.343 e. The Morgan fingerprint density at radius 3 is 2.65 bits per heavy atom. The number of amides is 1. The molecule has 1 aliphatic rings. The summed E-state index contributed by atoms with van der Waals surface area (Å²) in [6.45, 7) is 1.87. The molecule has 0 unspecified atom stereocenters. The van der Waals surface area contributed by atoms with Crippen LogP contribution in [0.2, 0.25) is 0 Å². The van der Waals surface area contributed by atoms with Crippen LogP contribution < -0.4 is 20.1 Å². The number of halogens is 1. The third-order valence-electron chi connectivity index (χ3n) is 4.50. The van der Waals surface area contributed by atoms with Crippen LogP contribution in [0.4, 0.5) is 5.69 Å². The number of methoxy groups -OCH3 is 2. The summed E-state index contributed by atoms with van der Waals surface area (Å²) in [6, 6.07) is 11.7. The van der Waals surface area contributed by atoms with Gasteiger partial charge in [0.2, 0.25) is 0 Å². The standard InChI is InChI=1S/C22H23BrN2O5S/c1-4-13-5-7-15(8-6-13)24-22-25-21(27)18(31-22)11-14-9-16(23)20(17(10-14)28-2)30-12-19(26)29-3/h5-11,22,24H,4,12H2,1-3H3,(H,25,27)/b18-11-/t22-/m1/s1. The average Bonchev–Trinajstić information content (AvgIpc) is 3.11. The minimum Gasteiger partial charge on any atom is -0.493 e. The lowest BCUT2D eigenvalue weighted by molar-refractivity contribution is -0.142. The molecule has 164 valence electrons. The van der Waals surface area contributed by atoms with E-state index in [0.717, 1.165) is 17.7 Å². The van der Waals surface area contributed by atoms with E-state index in [-0.39, 0.29) is 18.0 Å². The van der Waals surface area contributed by atoms with E-state index in [1.165, 1.54) is 31.5 Å². The maximum absolute atomic E-state index is 12.4. The number of nitrogens with one attached hydrogen (secondary N) is 2. The lowest BCUT2D eigenvalue weighted by Crippen LogP contribution is -2.30. The molecule has 3 rings (SSSR count). The zero-order valence-electron chi connectivity index (χ0n) is 17.4. The molecule has 0 saturated carbocycles. The molecular weight excluding hydrogens is 484 g/mol. The van der Waals surface area contributed by atoms with E-state index < -0.39 is 5.97 Å². The van der Waals surface area contributed by atoms with E-state index in [1.54, 1.807) is 18.2 Å². The highest BCUT2D eigenvalue weighted by Crippen LogP contribution is 2.38. The number of hydrogen-bond acceptors (Lipinski definition) is 7. The van der Waals surface area contributed by atoms with Crippen molar-refractivity contribution in [3.63, 3.8) is 0 Å². The van der Waals surface area contributed by atoms with E-state index in [1.807, 2.05) is 12.1 Å². The lowest BCUT2D eigenvalue weighted by atomic mass is 10.1. The van der Waals surface area contributed by atoms with E-state index in [2.05, 4.69) is 50.4 Å². The lowest BCUT2D eigenvalue weighted by Gasteiger charge is -2.13. The van der Waals surface area contributed by atoms with Crippen molar-refractivity contribution in [3.05, 3.63) is 56.9 Å². The minimum atomic E-state index is -0.498. The van der Waals surface area contributed by atoms with Gasteiger partial charge >= 0.3 is 5.97 Å². The second-order valence-electron chi connectivity index (χ2n) is 6.57. The molecule has 31 heavy (non-hydrogen) atoms. The fourth-order valence-corrected chi connectivity index (χ4v) is 4.42. The molecule has 1 saturated heterocycles. The number of carbonyl (C=O) groups excluding carboxylic acids is 2. The number of benzene rings is 2. The minimum absolute atomic E-state index is 0.159. The van der Waals surface area contributed by atoms with Crippen LogP contribution in [0.5, 0.6) is 11.5 Å². The second-order valence-corrected chi connectivity index (χ2v) is 8.57. The Labute approximate surface area is 193 Å². The van der Waals surface area contributed by atoms with E-state index >= 15 is 0 Å². The summed E-state index contributed by atoms with van der Waals surface area (Å²) >= 11 is 4.84. The number of ether oxygens (including phenoxy) is 3. The van der Waals surface area contributed by atoms with Crippen LogP contribution >= 0.6 is 27.7 Å². The predicted octanol–water partition coefficient (Wildman–Crippen LogP) is 4.17. The van der Waals surface area contributed by atoms with Gasteiger partial charge in [0.1, 0.15) is 0 Å². The van der Waals surface area contributed by atoms with Crippen molar-refractivity contribution in [2.45, 2.75) is 18.8 Å². The van der Waals surface area contributed by atoms with Crippen LogP contribution in [0.1, 0.15) is 18.1 Å². The Bertz CT molecular complexity index is 994. The normalized spacial score (nSPS) is 16.7. The molecule has 2 aromatic carbocycles. The molecule has 2 aromatic rings. The van der Waals surface area contributed by atoms with Crippen molar-refractivity contribution in [1.82, 2.24) is 5.32 Å². The van der Waals surface area contributed by atoms with Gasteiger partial charge in [-0.15, -0.1) is 0 Å². The van der Waals surface area contributed by atoms with Gasteiger partial charge in [-0.1, -0.05) is 30.8 Å². The van der Waals surface area contributed by atoms with Crippen molar-refractivity contribution >= 4 is 51.3 Å². The van der Waals surface area contributed by atoms with Crippen LogP contribution in [-0.2, 0) is 20.7 Å². The SMILES string of the molecule is CCc1ccc(N[C@@H]2NC(=O)/C(=C/c3cc(Br)c(OCC(=O)OC)c(OC)c3)S2)cc1. The zero-order chi connectivity index (χ0) is 22.4. The molecule has 9 heteroatoms. The summed E-state index contributed by atoms with van der Waals surface area (Å²) in [5.41, 5.74) is 2.68. The highest BCUT2D eigenvalue weighted by Gasteiger charge is 2.27. The van der Waals surface area contributed by atoms with E-state index in [0.29, 0.717) is 20.9 Å². The molecule has 7 nitrogen and oxygen atoms in total. The highest BCUT2D eigenvalue weighted by molar-refractivity contribution is 9.10. The van der Waals surface area contributed by atoms with Crippen LogP contribution in [0.25, 0.3) is 6.08 Å². The zero-order valence-corrected chi connectivity index (χ0v) is 19.8. The topological polar surface area (TPSA) is 85.9 Å². The van der Waals surface area contributed by atoms with Crippen molar-refractivity contribution < 1.29 is 23.8 Å². The Morgan fingerprint density at radius 2 is 2.00 bits per heavy atom. The predicted molar refractivity (Wildman–Crippen MR) is 125 cm³/mol. The number of rotatable bonds is 8. The van der Waals surface area contributed by atoms with E-state index in [9.17, 15) is 9.59 Å². The Hall–Kier alpha value is -2.65. The summed E-state index contributed by atoms with van der Waals surface area (Å²) in [5.74, 6) is 0.156. The average molecular weight is 507 g/mol. The molecular formula is C22H23BrN2O5S. The first-order chi connectivity index (χ1) is 14.9. The van der Waals surface area contributed by atoms with Crippen LogP contribution in [0, 0.1) is 0 Å². The van der Waals surface area contributed by atoms with Crippen LogP contribution in [0.3, 0.4) is 0 Å². The van der Waals surface area contributed by atoms with Crippen molar-refractivity contribution in [2.24, 2.45) is 0 Å². The summed E-state index contributed by atoms with van der Waals surface area (Å²) in [6.07, 6.45) is 2.76. The van der Waals surface area contributed by atoms with Gasteiger partial charge in [0.15, 0.2) is 23.6 Å². The number of esters is 1. The van der Waals surface area contributed by atoms with Gasteiger partial charge in [-0.2, -0.15) is 0 Å². The Kier molecular flexibility index (Phi) is 7.86. The van der Waals surface area contributed by atoms with E-state index in [4.69, 9.17) is 9.47 Å². The van der Waals surface area contributed by atoms with Gasteiger partial charge in [-0.25, -0.2) is 4.79 Å². The number of hydrogen-bond donors (Lipinski definition) is 2. The molecule has 2 N–H and O–H groups in total. The third kappa shape index (κ3) is 5.95. The maximum atomic E-state index is 12.4. The van der Waals surface area contributed by atoms with Gasteiger partial charge < -0.3 is 24.8 Å². The molecule has 0 spiro atoms. The summed E-state index contributed by atoms with van der Waals surface area (Å²) in [4.78, 5) is 24.4. The first kappa shape index (κ1) is 23.0. The van der Waals surface area contributed by atoms with Gasteiger partial charge in [0.25, 0.3) is 5.91 Å². The molecule has 0 aliphatic carbocycles. The van der Waals surface area contributed by atoms with Gasteiger partial charge in [-0.05, 0) is 63.8 Å². The van der Waals surface area contributed by atoms with Crippen LogP contribution in [0.15, 0.2) is 45.8 Å². The highest BCUT2D eigenvalue weighted by atomic mass is 79.9. The molecule has 1 heterocycles. The molecule has 1 aliphatic heterocycles. The number of anilines is 1. The Balaban J connectivity index is 1.73. The third-order valence-corrected chi connectivity index (χ3v) is 6.12.